The number of nitriles is 1. The summed E-state index contributed by atoms with van der Waals surface area (Å²) in [5, 5.41) is 10.3. The Labute approximate surface area is 164 Å². The van der Waals surface area contributed by atoms with Crippen LogP contribution in [0.2, 0.25) is 0 Å². The number of hydrogen-bond donors (Lipinski definition) is 2. The van der Waals surface area contributed by atoms with Crippen LogP contribution in [0.15, 0.2) is 36.9 Å². The first-order valence-corrected chi connectivity index (χ1v) is 8.76. The highest BCUT2D eigenvalue weighted by atomic mass is 127. The van der Waals surface area contributed by atoms with Crippen molar-refractivity contribution in [2.45, 2.75) is 38.1 Å². The summed E-state index contributed by atoms with van der Waals surface area (Å²) < 4.78 is 0. The summed E-state index contributed by atoms with van der Waals surface area (Å²) in [6.07, 6.45) is 15.9. The molecule has 3 heterocycles. The number of quaternary nitrogens is 1. The third kappa shape index (κ3) is 3.62. The Morgan fingerprint density at radius 3 is 2.96 bits per heavy atom. The molecular formula is C19H22IN5. The van der Waals surface area contributed by atoms with Crippen molar-refractivity contribution in [2.24, 2.45) is 5.92 Å². The van der Waals surface area contributed by atoms with Gasteiger partial charge >= 0.3 is 0 Å². The van der Waals surface area contributed by atoms with Gasteiger partial charge in [-0.05, 0) is 31.1 Å². The van der Waals surface area contributed by atoms with E-state index in [-0.39, 0.29) is 24.0 Å². The van der Waals surface area contributed by atoms with Crippen molar-refractivity contribution < 1.29 is 28.9 Å². The lowest BCUT2D eigenvalue weighted by Gasteiger charge is -2.29. The highest BCUT2D eigenvalue weighted by Gasteiger charge is 2.33. The number of nitrogens with one attached hydrogen (secondary N) is 2. The minimum atomic E-state index is 0. The van der Waals surface area contributed by atoms with Gasteiger partial charge in [-0.15, -0.1) is 0 Å². The fourth-order valence-electron chi connectivity index (χ4n) is 4.20. The topological polar surface area (TPSA) is 69.8 Å². The summed E-state index contributed by atoms with van der Waals surface area (Å²) in [6.45, 7) is 0.952. The maximum absolute atomic E-state index is 9.30. The quantitative estimate of drug-likeness (QED) is 0.606. The summed E-state index contributed by atoms with van der Waals surface area (Å²) in [4.78, 5) is 13.3. The van der Waals surface area contributed by atoms with E-state index in [1.54, 1.807) is 6.33 Å². The van der Waals surface area contributed by atoms with Gasteiger partial charge in [0.1, 0.15) is 30.8 Å². The Bertz CT molecular complexity index is 826. The van der Waals surface area contributed by atoms with E-state index in [4.69, 9.17) is 0 Å². The zero-order valence-electron chi connectivity index (χ0n) is 14.1. The van der Waals surface area contributed by atoms with Crippen LogP contribution in [0.4, 0.5) is 0 Å². The molecule has 2 aromatic heterocycles. The molecule has 6 heteroatoms. The van der Waals surface area contributed by atoms with Crippen molar-refractivity contribution in [3.8, 4) is 6.07 Å². The van der Waals surface area contributed by atoms with Gasteiger partial charge in [0.15, 0.2) is 0 Å². The molecule has 1 aliphatic heterocycles. The van der Waals surface area contributed by atoms with E-state index in [2.05, 4.69) is 39.4 Å². The highest BCUT2D eigenvalue weighted by Crippen LogP contribution is 2.28. The third-order valence-electron chi connectivity index (χ3n) is 5.38. The Kier molecular flexibility index (Phi) is 5.86. The van der Waals surface area contributed by atoms with Gasteiger partial charge in [-0.25, -0.2) is 9.97 Å². The van der Waals surface area contributed by atoms with Gasteiger partial charge in [-0.1, -0.05) is 12.8 Å². The van der Waals surface area contributed by atoms with Gasteiger partial charge in [0, 0.05) is 17.5 Å². The molecule has 0 saturated heterocycles. The van der Waals surface area contributed by atoms with Gasteiger partial charge < -0.3 is 33.9 Å². The van der Waals surface area contributed by atoms with E-state index in [1.165, 1.54) is 30.6 Å². The van der Waals surface area contributed by atoms with E-state index >= 15 is 0 Å². The Morgan fingerprint density at radius 1 is 1.32 bits per heavy atom. The molecule has 5 nitrogen and oxygen atoms in total. The second-order valence-electron chi connectivity index (χ2n) is 6.76. The van der Waals surface area contributed by atoms with Crippen molar-refractivity contribution in [1.82, 2.24) is 15.0 Å². The largest absolute Gasteiger partial charge is 1.00 e. The molecule has 2 aromatic rings. The van der Waals surface area contributed by atoms with Gasteiger partial charge in [0.2, 0.25) is 0 Å². The molecule has 0 aromatic carbocycles. The molecule has 0 spiro atoms. The highest BCUT2D eigenvalue weighted by molar-refractivity contribution is 5.90. The van der Waals surface area contributed by atoms with Crippen molar-refractivity contribution >= 4 is 16.6 Å². The average molecular weight is 447 g/mol. The molecule has 2 aliphatic rings. The molecule has 0 amide bonds. The number of H-pyrrole nitrogens is 1. The SMILES string of the molecule is N#CCC(C1CCCC1)[NH+]1C=C(c2ncnc3[nH]ccc23)C=CC1.[I-]. The minimum Gasteiger partial charge on any atom is -1.00 e. The first-order valence-electron chi connectivity index (χ1n) is 8.76. The number of aromatic amines is 1. The predicted octanol–water partition coefficient (Wildman–Crippen LogP) is -0.770. The summed E-state index contributed by atoms with van der Waals surface area (Å²) in [7, 11) is 0. The van der Waals surface area contributed by atoms with Crippen molar-refractivity contribution in [3.05, 3.63) is 42.6 Å². The fraction of sp³-hybridized carbons (Fsp3) is 0.421. The van der Waals surface area contributed by atoms with E-state index < -0.39 is 0 Å². The molecule has 2 N–H and O–H groups in total. The van der Waals surface area contributed by atoms with Crippen LogP contribution in [-0.2, 0) is 0 Å². The Morgan fingerprint density at radius 2 is 2.16 bits per heavy atom. The Balaban J connectivity index is 0.00000182. The van der Waals surface area contributed by atoms with E-state index in [0.29, 0.717) is 18.4 Å². The summed E-state index contributed by atoms with van der Waals surface area (Å²) in [5.41, 5.74) is 2.96. The molecule has 0 bridgehead atoms. The predicted molar refractivity (Wildman–Crippen MR) is 92.8 cm³/mol. The molecule has 130 valence electrons. The second kappa shape index (κ2) is 8.11. The van der Waals surface area contributed by atoms with Crippen LogP contribution in [0.1, 0.15) is 37.8 Å². The second-order valence-corrected chi connectivity index (χ2v) is 6.76. The summed E-state index contributed by atoms with van der Waals surface area (Å²) in [5.74, 6) is 0.668. The number of aromatic nitrogens is 3. The van der Waals surface area contributed by atoms with Crippen LogP contribution in [0.25, 0.3) is 16.6 Å². The van der Waals surface area contributed by atoms with Crippen molar-refractivity contribution in [1.29, 1.82) is 5.26 Å². The van der Waals surface area contributed by atoms with Crippen LogP contribution < -0.4 is 28.9 Å². The summed E-state index contributed by atoms with van der Waals surface area (Å²) >= 11 is 0. The number of nitrogens with zero attached hydrogens (tertiary/aromatic N) is 3. The van der Waals surface area contributed by atoms with Crippen molar-refractivity contribution in [2.75, 3.05) is 6.54 Å². The van der Waals surface area contributed by atoms with Crippen LogP contribution in [0, 0.1) is 17.2 Å². The normalized spacial score (nSPS) is 21.6. The third-order valence-corrected chi connectivity index (χ3v) is 5.38. The zero-order valence-corrected chi connectivity index (χ0v) is 16.2. The van der Waals surface area contributed by atoms with Crippen LogP contribution in [0.3, 0.4) is 0 Å². The van der Waals surface area contributed by atoms with Gasteiger partial charge in [-0.3, -0.25) is 0 Å². The lowest BCUT2D eigenvalue weighted by Crippen LogP contribution is -3.12. The lowest BCUT2D eigenvalue weighted by molar-refractivity contribution is -0.872. The molecule has 2 unspecified atom stereocenters. The molecule has 25 heavy (non-hydrogen) atoms. The van der Waals surface area contributed by atoms with Gasteiger partial charge in [0.25, 0.3) is 0 Å². The Hall–Kier alpha value is -1.72. The smallest absolute Gasteiger partial charge is 0.141 e. The van der Waals surface area contributed by atoms with Crippen LogP contribution >= 0.6 is 0 Å². The number of fused-ring (bicyclic) bond motifs is 1. The monoisotopic (exact) mass is 447 g/mol. The molecule has 2 atom stereocenters. The molecule has 1 saturated carbocycles. The fourth-order valence-corrected chi connectivity index (χ4v) is 4.20. The van der Waals surface area contributed by atoms with Crippen LogP contribution in [-0.4, -0.2) is 27.5 Å². The molecule has 4 rings (SSSR count). The number of hydrogen-bond acceptors (Lipinski definition) is 3. The lowest BCUT2D eigenvalue weighted by atomic mass is 9.93. The van der Waals surface area contributed by atoms with Gasteiger partial charge in [-0.2, -0.15) is 5.26 Å². The van der Waals surface area contributed by atoms with Crippen molar-refractivity contribution in [3.63, 3.8) is 0 Å². The van der Waals surface area contributed by atoms with E-state index in [1.807, 2.05) is 12.3 Å². The first kappa shape index (κ1) is 18.1. The van der Waals surface area contributed by atoms with Gasteiger partial charge in [0.05, 0.1) is 23.8 Å². The van der Waals surface area contributed by atoms with E-state index in [9.17, 15) is 5.26 Å². The molecule has 1 aliphatic carbocycles. The van der Waals surface area contributed by atoms with E-state index in [0.717, 1.165) is 28.8 Å². The minimum absolute atomic E-state index is 0. The standard InChI is InChI=1S/C19H21N5.HI/c20-9-7-17(14-4-1-2-5-14)24-11-3-6-15(12-24)18-16-8-10-21-19(16)23-13-22-18;/h3,6,8,10,12-14,17H,1-2,4-5,7,11H2,(H,21,22,23);1H. The molecule has 0 radical (unpaired) electrons. The number of halogens is 1. The number of allylic oxidation sites excluding steroid dienone is 2. The molecular weight excluding hydrogens is 425 g/mol. The summed E-state index contributed by atoms with van der Waals surface area (Å²) in [6, 6.07) is 4.83. The maximum Gasteiger partial charge on any atom is 0.141 e. The van der Waals surface area contributed by atoms with Crippen LogP contribution in [0.5, 0.6) is 0 Å². The maximum atomic E-state index is 9.30. The average Bonchev–Trinajstić information content (AvgIpc) is 3.30. The number of rotatable bonds is 4. The molecule has 1 fully saturated rings. The first-order chi connectivity index (χ1) is 11.9. The zero-order chi connectivity index (χ0) is 16.4.